The molecule has 0 aliphatic carbocycles. The van der Waals surface area contributed by atoms with Crippen molar-refractivity contribution in [2.75, 3.05) is 39.3 Å². The molecular weight excluding hydrogens is 467 g/mol. The van der Waals surface area contributed by atoms with E-state index in [4.69, 9.17) is 19.5 Å². The highest BCUT2D eigenvalue weighted by atomic mass is 19.4. The Balaban J connectivity index is 1.85. The summed E-state index contributed by atoms with van der Waals surface area (Å²) in [4.78, 5) is 27.9. The van der Waals surface area contributed by atoms with E-state index in [1.54, 1.807) is 0 Å². The third-order valence-corrected chi connectivity index (χ3v) is 5.57. The lowest BCUT2D eigenvalue weighted by Gasteiger charge is -2.27. The second kappa shape index (κ2) is 10.5. The molecule has 35 heavy (non-hydrogen) atoms. The van der Waals surface area contributed by atoms with Crippen molar-refractivity contribution >= 4 is 17.5 Å². The first-order chi connectivity index (χ1) is 16.6. The number of benzene rings is 2. The molecule has 0 saturated carbocycles. The van der Waals surface area contributed by atoms with Crippen molar-refractivity contribution in [2.45, 2.75) is 19.1 Å². The maximum absolute atomic E-state index is 13.3. The molecule has 1 saturated heterocycles. The first kappa shape index (κ1) is 25.7. The standard InChI is InChI=1S/C24H24F3N3O5/c1-33-19-9-18(10-20(34-2)22(19)35-3)30-13-17(8-21(30)31)23(32)29(14-24(25,26)27)12-16-6-4-15(11-28)5-7-16/h4-7,9-10,17H,8,12-14H2,1-3H3. The van der Waals surface area contributed by atoms with Crippen molar-refractivity contribution in [3.63, 3.8) is 0 Å². The van der Waals surface area contributed by atoms with Crippen LogP contribution in [0.4, 0.5) is 18.9 Å². The van der Waals surface area contributed by atoms with E-state index in [0.717, 1.165) is 0 Å². The van der Waals surface area contributed by atoms with Crippen molar-refractivity contribution in [2.24, 2.45) is 5.92 Å². The molecule has 0 N–H and O–H groups in total. The predicted octanol–water partition coefficient (Wildman–Crippen LogP) is 3.53. The van der Waals surface area contributed by atoms with Gasteiger partial charge in [-0.2, -0.15) is 18.4 Å². The number of carbonyl (C=O) groups excluding carboxylic acids is 2. The first-order valence-electron chi connectivity index (χ1n) is 10.5. The third kappa shape index (κ3) is 5.95. The zero-order valence-electron chi connectivity index (χ0n) is 19.4. The van der Waals surface area contributed by atoms with Gasteiger partial charge in [0, 0.05) is 31.6 Å². The van der Waals surface area contributed by atoms with Crippen molar-refractivity contribution in [3.8, 4) is 23.3 Å². The SMILES string of the molecule is COc1cc(N2CC(C(=O)N(Cc3ccc(C#N)cc3)CC(F)(F)F)CC2=O)cc(OC)c1OC. The van der Waals surface area contributed by atoms with E-state index in [2.05, 4.69) is 0 Å². The summed E-state index contributed by atoms with van der Waals surface area (Å²) in [6.07, 6.45) is -4.86. The second-order valence-electron chi connectivity index (χ2n) is 7.91. The van der Waals surface area contributed by atoms with Gasteiger partial charge in [-0.1, -0.05) is 12.1 Å². The predicted molar refractivity (Wildman–Crippen MR) is 119 cm³/mol. The fourth-order valence-corrected chi connectivity index (χ4v) is 3.94. The third-order valence-electron chi connectivity index (χ3n) is 5.57. The molecule has 186 valence electrons. The van der Waals surface area contributed by atoms with Gasteiger partial charge < -0.3 is 24.0 Å². The molecule has 11 heteroatoms. The Labute approximate surface area is 200 Å². The lowest BCUT2D eigenvalue weighted by molar-refractivity contribution is -0.164. The normalized spacial score (nSPS) is 15.5. The summed E-state index contributed by atoms with van der Waals surface area (Å²) in [5.41, 5.74) is 1.16. The van der Waals surface area contributed by atoms with Gasteiger partial charge in [-0.15, -0.1) is 0 Å². The van der Waals surface area contributed by atoms with Crippen molar-refractivity contribution in [1.82, 2.24) is 4.90 Å². The highest BCUT2D eigenvalue weighted by molar-refractivity contribution is 6.00. The molecule has 0 aromatic heterocycles. The second-order valence-corrected chi connectivity index (χ2v) is 7.91. The van der Waals surface area contributed by atoms with E-state index >= 15 is 0 Å². The average Bonchev–Trinajstić information content (AvgIpc) is 3.23. The minimum Gasteiger partial charge on any atom is -0.493 e. The molecular formula is C24H24F3N3O5. The van der Waals surface area contributed by atoms with Gasteiger partial charge in [-0.25, -0.2) is 0 Å². The van der Waals surface area contributed by atoms with Crippen LogP contribution in [0.1, 0.15) is 17.5 Å². The summed E-state index contributed by atoms with van der Waals surface area (Å²) in [7, 11) is 4.26. The molecule has 0 spiro atoms. The molecule has 2 aromatic rings. The van der Waals surface area contributed by atoms with Gasteiger partial charge in [0.25, 0.3) is 0 Å². The molecule has 8 nitrogen and oxygen atoms in total. The summed E-state index contributed by atoms with van der Waals surface area (Å²) in [5.74, 6) is -1.26. The molecule has 1 heterocycles. The van der Waals surface area contributed by atoms with Crippen LogP contribution in [0.2, 0.25) is 0 Å². The van der Waals surface area contributed by atoms with Crippen molar-refractivity contribution < 1.29 is 37.0 Å². The van der Waals surface area contributed by atoms with E-state index in [0.29, 0.717) is 39.0 Å². The monoisotopic (exact) mass is 491 g/mol. The highest BCUT2D eigenvalue weighted by Crippen LogP contribution is 2.42. The van der Waals surface area contributed by atoms with E-state index in [9.17, 15) is 22.8 Å². The number of amides is 2. The van der Waals surface area contributed by atoms with E-state index in [1.807, 2.05) is 6.07 Å². The molecule has 2 aromatic carbocycles. The van der Waals surface area contributed by atoms with Crippen LogP contribution in [0.3, 0.4) is 0 Å². The number of nitriles is 1. The van der Waals surface area contributed by atoms with Crippen LogP contribution in [0, 0.1) is 17.2 Å². The molecule has 2 amide bonds. The molecule has 1 atom stereocenters. The van der Waals surface area contributed by atoms with Gasteiger partial charge in [-0.3, -0.25) is 9.59 Å². The summed E-state index contributed by atoms with van der Waals surface area (Å²) in [5, 5.41) is 8.91. The highest BCUT2D eigenvalue weighted by Gasteiger charge is 2.41. The number of methoxy groups -OCH3 is 3. The molecule has 1 unspecified atom stereocenters. The Hall–Kier alpha value is -3.94. The number of hydrogen-bond donors (Lipinski definition) is 0. The lowest BCUT2D eigenvalue weighted by Crippen LogP contribution is -2.42. The van der Waals surface area contributed by atoms with Gasteiger partial charge in [0.1, 0.15) is 6.54 Å². The summed E-state index contributed by atoms with van der Waals surface area (Å²) >= 11 is 0. The maximum Gasteiger partial charge on any atom is 0.406 e. The van der Waals surface area contributed by atoms with E-state index in [-0.39, 0.29) is 19.5 Å². The van der Waals surface area contributed by atoms with Gasteiger partial charge in [-0.05, 0) is 17.7 Å². The van der Waals surface area contributed by atoms with Gasteiger partial charge >= 0.3 is 6.18 Å². The first-order valence-corrected chi connectivity index (χ1v) is 10.5. The van der Waals surface area contributed by atoms with Gasteiger partial charge in [0.2, 0.25) is 17.6 Å². The summed E-state index contributed by atoms with van der Waals surface area (Å²) in [6.45, 7) is -1.86. The number of ether oxygens (including phenoxy) is 3. The largest absolute Gasteiger partial charge is 0.493 e. The van der Waals surface area contributed by atoms with Crippen LogP contribution in [0.5, 0.6) is 17.2 Å². The average molecular weight is 491 g/mol. The van der Waals surface area contributed by atoms with Crippen LogP contribution in [-0.4, -0.2) is 57.3 Å². The summed E-state index contributed by atoms with van der Waals surface area (Å²) < 4.78 is 55.7. The number of hydrogen-bond acceptors (Lipinski definition) is 6. The number of rotatable bonds is 8. The number of carbonyl (C=O) groups is 2. The zero-order valence-corrected chi connectivity index (χ0v) is 19.4. The zero-order chi connectivity index (χ0) is 25.8. The maximum atomic E-state index is 13.3. The Morgan fingerprint density at radius 3 is 2.20 bits per heavy atom. The van der Waals surface area contributed by atoms with Crippen LogP contribution in [-0.2, 0) is 16.1 Å². The number of nitrogens with zero attached hydrogens (tertiary/aromatic N) is 3. The van der Waals surface area contributed by atoms with Crippen LogP contribution in [0.25, 0.3) is 0 Å². The van der Waals surface area contributed by atoms with Gasteiger partial charge in [0.05, 0.1) is 44.6 Å². The Bertz CT molecular complexity index is 1100. The Morgan fingerprint density at radius 2 is 1.71 bits per heavy atom. The minimum absolute atomic E-state index is 0.0992. The molecule has 0 radical (unpaired) electrons. The topological polar surface area (TPSA) is 92.1 Å². The number of alkyl halides is 3. The lowest BCUT2D eigenvalue weighted by atomic mass is 10.1. The van der Waals surface area contributed by atoms with E-state index in [1.165, 1.54) is 62.6 Å². The fourth-order valence-electron chi connectivity index (χ4n) is 3.94. The Morgan fingerprint density at radius 1 is 1.11 bits per heavy atom. The number of halogens is 3. The molecule has 1 fully saturated rings. The smallest absolute Gasteiger partial charge is 0.406 e. The Kier molecular flexibility index (Phi) is 7.74. The van der Waals surface area contributed by atoms with Crippen LogP contribution in [0.15, 0.2) is 36.4 Å². The van der Waals surface area contributed by atoms with Gasteiger partial charge in [0.15, 0.2) is 11.5 Å². The van der Waals surface area contributed by atoms with E-state index < -0.39 is 30.5 Å². The summed E-state index contributed by atoms with van der Waals surface area (Å²) in [6, 6.07) is 10.9. The quantitative estimate of drug-likeness (QED) is 0.561. The molecule has 3 rings (SSSR count). The van der Waals surface area contributed by atoms with Crippen molar-refractivity contribution in [3.05, 3.63) is 47.5 Å². The molecule has 0 bridgehead atoms. The number of anilines is 1. The molecule has 1 aliphatic heterocycles. The minimum atomic E-state index is -4.62. The fraction of sp³-hybridized carbons (Fsp3) is 0.375. The van der Waals surface area contributed by atoms with Crippen LogP contribution >= 0.6 is 0 Å². The van der Waals surface area contributed by atoms with Crippen LogP contribution < -0.4 is 19.1 Å². The van der Waals surface area contributed by atoms with Crippen molar-refractivity contribution in [1.29, 1.82) is 5.26 Å². The molecule has 1 aliphatic rings.